The normalized spacial score (nSPS) is 19.7. The number of hydrogen-bond acceptors (Lipinski definition) is 4. The highest BCUT2D eigenvalue weighted by molar-refractivity contribution is 6.32. The zero-order chi connectivity index (χ0) is 14.7. The van der Waals surface area contributed by atoms with Gasteiger partial charge in [0, 0.05) is 19.6 Å². The second kappa shape index (κ2) is 6.79. The molecule has 0 atom stereocenters. The Labute approximate surface area is 130 Å². The molecule has 1 aliphatic heterocycles. The lowest BCUT2D eigenvalue weighted by atomic mass is 9.85. The summed E-state index contributed by atoms with van der Waals surface area (Å²) in [7, 11) is 0. The van der Waals surface area contributed by atoms with E-state index in [0.717, 1.165) is 32.7 Å². The Morgan fingerprint density at radius 3 is 2.71 bits per heavy atom. The lowest BCUT2D eigenvalue weighted by molar-refractivity contribution is 0.262. The van der Waals surface area contributed by atoms with E-state index in [9.17, 15) is 4.79 Å². The molecule has 2 heterocycles. The van der Waals surface area contributed by atoms with Crippen LogP contribution in [0.2, 0.25) is 5.02 Å². The highest BCUT2D eigenvalue weighted by atomic mass is 35.5. The molecule has 6 heteroatoms. The third kappa shape index (κ3) is 3.58. The Morgan fingerprint density at radius 2 is 2.05 bits per heavy atom. The fourth-order valence-electron chi connectivity index (χ4n) is 3.02. The van der Waals surface area contributed by atoms with E-state index in [1.807, 2.05) is 0 Å². The van der Waals surface area contributed by atoms with Crippen LogP contribution >= 0.6 is 11.6 Å². The molecule has 2 fully saturated rings. The molecule has 1 saturated heterocycles. The Balaban J connectivity index is 1.62. The van der Waals surface area contributed by atoms with Crippen LogP contribution in [0.25, 0.3) is 0 Å². The molecule has 1 N–H and O–H groups in total. The molecular weight excluding hydrogens is 288 g/mol. The van der Waals surface area contributed by atoms with Gasteiger partial charge < -0.3 is 10.2 Å². The van der Waals surface area contributed by atoms with Gasteiger partial charge in [0.2, 0.25) is 0 Å². The van der Waals surface area contributed by atoms with Crippen molar-refractivity contribution >= 4 is 17.3 Å². The molecule has 0 radical (unpaired) electrons. The first-order valence-corrected chi connectivity index (χ1v) is 8.33. The standard InChI is InChI=1S/C15H23ClN4O/c16-13-10-18-20(11-12-4-3-5-12)15(21)14(13)17-6-9-19-7-1-2-8-19/h10,12,17H,1-9,11H2. The quantitative estimate of drug-likeness (QED) is 0.875. The highest BCUT2D eigenvalue weighted by Crippen LogP contribution is 2.27. The number of rotatable bonds is 6. The number of halogens is 1. The van der Waals surface area contributed by atoms with E-state index in [4.69, 9.17) is 11.6 Å². The number of nitrogens with one attached hydrogen (secondary N) is 1. The maximum atomic E-state index is 12.4. The average Bonchev–Trinajstić information content (AvgIpc) is 2.93. The minimum absolute atomic E-state index is 0.0872. The van der Waals surface area contributed by atoms with Crippen molar-refractivity contribution in [3.05, 3.63) is 21.6 Å². The molecule has 0 bridgehead atoms. The van der Waals surface area contributed by atoms with E-state index in [-0.39, 0.29) is 5.56 Å². The van der Waals surface area contributed by atoms with Gasteiger partial charge in [0.25, 0.3) is 5.56 Å². The minimum atomic E-state index is -0.0872. The van der Waals surface area contributed by atoms with E-state index in [0.29, 0.717) is 16.6 Å². The molecule has 1 aromatic heterocycles. The molecule has 2 aliphatic rings. The van der Waals surface area contributed by atoms with Crippen LogP contribution in [0.5, 0.6) is 0 Å². The van der Waals surface area contributed by atoms with Gasteiger partial charge in [-0.25, -0.2) is 4.68 Å². The Kier molecular flexibility index (Phi) is 4.80. The summed E-state index contributed by atoms with van der Waals surface area (Å²) in [5.74, 6) is 0.605. The zero-order valence-corrected chi connectivity index (χ0v) is 13.1. The molecule has 1 aliphatic carbocycles. The summed E-state index contributed by atoms with van der Waals surface area (Å²) in [6.45, 7) is 4.76. The van der Waals surface area contributed by atoms with Crippen LogP contribution in [0.3, 0.4) is 0 Å². The SMILES string of the molecule is O=c1c(NCCN2CCCC2)c(Cl)cnn1CC1CCC1. The number of hydrogen-bond donors (Lipinski definition) is 1. The third-order valence-electron chi connectivity index (χ3n) is 4.58. The van der Waals surface area contributed by atoms with Gasteiger partial charge >= 0.3 is 0 Å². The van der Waals surface area contributed by atoms with Gasteiger partial charge in [-0.15, -0.1) is 0 Å². The first-order valence-electron chi connectivity index (χ1n) is 7.96. The summed E-state index contributed by atoms with van der Waals surface area (Å²) in [5.41, 5.74) is 0.418. The van der Waals surface area contributed by atoms with Gasteiger partial charge in [0.15, 0.2) is 0 Å². The van der Waals surface area contributed by atoms with Crippen molar-refractivity contribution in [1.82, 2.24) is 14.7 Å². The summed E-state index contributed by atoms with van der Waals surface area (Å²) >= 11 is 6.13. The molecule has 1 saturated carbocycles. The first kappa shape index (κ1) is 14.9. The third-order valence-corrected chi connectivity index (χ3v) is 4.87. The summed E-state index contributed by atoms with van der Waals surface area (Å²) in [5, 5.41) is 7.80. The zero-order valence-electron chi connectivity index (χ0n) is 12.4. The van der Waals surface area contributed by atoms with Crippen molar-refractivity contribution in [2.75, 3.05) is 31.5 Å². The molecule has 0 amide bonds. The minimum Gasteiger partial charge on any atom is -0.378 e. The van der Waals surface area contributed by atoms with E-state index in [2.05, 4.69) is 15.3 Å². The maximum absolute atomic E-state index is 12.4. The van der Waals surface area contributed by atoms with Gasteiger partial charge in [0.05, 0.1) is 11.2 Å². The van der Waals surface area contributed by atoms with Crippen molar-refractivity contribution in [3.63, 3.8) is 0 Å². The van der Waals surface area contributed by atoms with Crippen LogP contribution in [0.1, 0.15) is 32.1 Å². The second-order valence-corrected chi connectivity index (χ2v) is 6.53. The molecule has 21 heavy (non-hydrogen) atoms. The first-order chi connectivity index (χ1) is 10.2. The average molecular weight is 311 g/mol. The molecule has 1 aromatic rings. The predicted octanol–water partition coefficient (Wildman–Crippen LogP) is 2.20. The van der Waals surface area contributed by atoms with Gasteiger partial charge in [-0.2, -0.15) is 5.10 Å². The second-order valence-electron chi connectivity index (χ2n) is 6.13. The van der Waals surface area contributed by atoms with E-state index < -0.39 is 0 Å². The van der Waals surface area contributed by atoms with Crippen molar-refractivity contribution in [3.8, 4) is 0 Å². The van der Waals surface area contributed by atoms with E-state index >= 15 is 0 Å². The number of anilines is 1. The lowest BCUT2D eigenvalue weighted by Gasteiger charge is -2.25. The fourth-order valence-corrected chi connectivity index (χ4v) is 3.22. The van der Waals surface area contributed by atoms with Crippen LogP contribution < -0.4 is 10.9 Å². The topological polar surface area (TPSA) is 50.2 Å². The lowest BCUT2D eigenvalue weighted by Crippen LogP contribution is -2.32. The van der Waals surface area contributed by atoms with E-state index in [1.165, 1.54) is 32.1 Å². The molecule has 3 rings (SSSR count). The predicted molar refractivity (Wildman–Crippen MR) is 85.0 cm³/mol. The van der Waals surface area contributed by atoms with Crippen molar-refractivity contribution in [1.29, 1.82) is 0 Å². The summed E-state index contributed by atoms with van der Waals surface area (Å²) in [6.07, 6.45) is 7.82. The smallest absolute Gasteiger partial charge is 0.291 e. The largest absolute Gasteiger partial charge is 0.378 e. The Bertz CT molecular complexity index is 535. The van der Waals surface area contributed by atoms with Crippen LogP contribution in [0.15, 0.2) is 11.0 Å². The molecule has 116 valence electrons. The van der Waals surface area contributed by atoms with Crippen molar-refractivity contribution in [2.24, 2.45) is 5.92 Å². The summed E-state index contributed by atoms with van der Waals surface area (Å²) < 4.78 is 1.56. The number of nitrogens with zero attached hydrogens (tertiary/aromatic N) is 3. The van der Waals surface area contributed by atoms with Crippen LogP contribution in [0, 0.1) is 5.92 Å². The molecule has 0 unspecified atom stereocenters. The fraction of sp³-hybridized carbons (Fsp3) is 0.733. The summed E-state index contributed by atoms with van der Waals surface area (Å²) in [6, 6.07) is 0. The van der Waals surface area contributed by atoms with Crippen molar-refractivity contribution in [2.45, 2.75) is 38.6 Å². The Morgan fingerprint density at radius 1 is 1.29 bits per heavy atom. The molecular formula is C15H23ClN4O. The van der Waals surface area contributed by atoms with Crippen molar-refractivity contribution < 1.29 is 0 Å². The van der Waals surface area contributed by atoms with Gasteiger partial charge in [-0.3, -0.25) is 4.79 Å². The maximum Gasteiger partial charge on any atom is 0.291 e. The molecule has 5 nitrogen and oxygen atoms in total. The number of likely N-dealkylation sites (tertiary alicyclic amines) is 1. The van der Waals surface area contributed by atoms with Crippen LogP contribution in [-0.2, 0) is 6.54 Å². The van der Waals surface area contributed by atoms with Gasteiger partial charge in [-0.05, 0) is 44.7 Å². The molecule has 0 spiro atoms. The monoisotopic (exact) mass is 310 g/mol. The van der Waals surface area contributed by atoms with E-state index in [1.54, 1.807) is 10.9 Å². The highest BCUT2D eigenvalue weighted by Gasteiger charge is 2.20. The van der Waals surface area contributed by atoms with Gasteiger partial charge in [0.1, 0.15) is 5.69 Å². The Hall–Kier alpha value is -1.07. The van der Waals surface area contributed by atoms with Crippen LogP contribution in [-0.4, -0.2) is 40.9 Å². The number of aromatic nitrogens is 2. The molecule has 0 aromatic carbocycles. The van der Waals surface area contributed by atoms with Crippen LogP contribution in [0.4, 0.5) is 5.69 Å². The summed E-state index contributed by atoms with van der Waals surface area (Å²) in [4.78, 5) is 14.8. The van der Waals surface area contributed by atoms with Gasteiger partial charge in [-0.1, -0.05) is 18.0 Å².